The Hall–Kier alpha value is -2.01. The molecule has 1 atom stereocenters. The summed E-state index contributed by atoms with van der Waals surface area (Å²) in [6.07, 6.45) is 7.56. The molecule has 1 aromatic heterocycles. The Morgan fingerprint density at radius 1 is 1.05 bits per heavy atom. The molecule has 0 N–H and O–H groups in total. The van der Waals surface area contributed by atoms with Crippen LogP contribution in [0.5, 0.6) is 0 Å². The van der Waals surface area contributed by atoms with Crippen LogP contribution in [0, 0.1) is 0 Å². The minimum Gasteiger partial charge on any atom is -0.282 e. The molecule has 2 aliphatic heterocycles. The van der Waals surface area contributed by atoms with Gasteiger partial charge in [0.1, 0.15) is 6.33 Å². The van der Waals surface area contributed by atoms with Crippen molar-refractivity contribution in [2.75, 3.05) is 13.1 Å². The summed E-state index contributed by atoms with van der Waals surface area (Å²) in [6, 6.07) is 8.25. The molecule has 0 amide bonds. The molecule has 2 aromatic rings. The second-order valence-corrected chi connectivity index (χ2v) is 5.37. The van der Waals surface area contributed by atoms with Gasteiger partial charge in [0.15, 0.2) is 12.0 Å². The topological polar surface area (TPSA) is 46.3 Å². The Bertz CT molecular complexity index is 639. The quantitative estimate of drug-likeness (QED) is 0.795. The molecule has 20 heavy (non-hydrogen) atoms. The maximum Gasteiger partial charge on any atom is 0.177 e. The van der Waals surface area contributed by atoms with Gasteiger partial charge in [0.2, 0.25) is 0 Å². The van der Waals surface area contributed by atoms with Gasteiger partial charge in [-0.2, -0.15) is 0 Å². The number of para-hydroxylation sites is 1. The largest absolute Gasteiger partial charge is 0.282 e. The van der Waals surface area contributed by atoms with Crippen molar-refractivity contribution in [3.8, 4) is 5.69 Å². The van der Waals surface area contributed by atoms with E-state index in [0.29, 0.717) is 0 Å². The highest BCUT2D eigenvalue weighted by molar-refractivity contribution is 5.85. The number of nitrogens with zero attached hydrogens (tertiary/aromatic N) is 5. The first-order chi connectivity index (χ1) is 9.93. The van der Waals surface area contributed by atoms with E-state index in [4.69, 9.17) is 4.99 Å². The molecule has 0 saturated carbocycles. The molecule has 1 unspecified atom stereocenters. The highest BCUT2D eigenvalue weighted by Gasteiger charge is 2.28. The lowest BCUT2D eigenvalue weighted by Gasteiger charge is -2.30. The van der Waals surface area contributed by atoms with E-state index in [1.165, 1.54) is 19.3 Å². The minimum absolute atomic E-state index is 0.00907. The number of fused-ring (bicyclic) bond motifs is 3. The number of rotatable bonds is 1. The van der Waals surface area contributed by atoms with E-state index >= 15 is 0 Å². The van der Waals surface area contributed by atoms with E-state index in [-0.39, 0.29) is 6.17 Å². The monoisotopic (exact) mass is 267 g/mol. The van der Waals surface area contributed by atoms with Crippen LogP contribution in [0.3, 0.4) is 0 Å². The zero-order chi connectivity index (χ0) is 13.4. The van der Waals surface area contributed by atoms with Crippen LogP contribution in [0.4, 0.5) is 0 Å². The minimum atomic E-state index is -0.00907. The van der Waals surface area contributed by atoms with Crippen LogP contribution in [0.2, 0.25) is 0 Å². The average molecular weight is 267 g/mol. The summed E-state index contributed by atoms with van der Waals surface area (Å²) in [5.41, 5.74) is 2.23. The SMILES string of the molecule is C1=NC(N2CCCCC2)c2nncn2-c2ccccc21. The third-order valence-corrected chi connectivity index (χ3v) is 4.09. The fourth-order valence-electron chi connectivity index (χ4n) is 3.06. The molecule has 0 bridgehead atoms. The van der Waals surface area contributed by atoms with Crippen molar-refractivity contribution >= 4 is 6.21 Å². The van der Waals surface area contributed by atoms with E-state index < -0.39 is 0 Å². The van der Waals surface area contributed by atoms with Crippen molar-refractivity contribution in [1.82, 2.24) is 19.7 Å². The van der Waals surface area contributed by atoms with E-state index in [0.717, 1.165) is 30.2 Å². The first-order valence-corrected chi connectivity index (χ1v) is 7.20. The van der Waals surface area contributed by atoms with Crippen molar-refractivity contribution in [3.05, 3.63) is 42.0 Å². The number of benzene rings is 1. The lowest BCUT2D eigenvalue weighted by Crippen LogP contribution is -2.34. The van der Waals surface area contributed by atoms with Gasteiger partial charge in [0.05, 0.1) is 5.69 Å². The molecule has 3 heterocycles. The number of hydrogen-bond donors (Lipinski definition) is 0. The van der Waals surface area contributed by atoms with Gasteiger partial charge >= 0.3 is 0 Å². The summed E-state index contributed by atoms with van der Waals surface area (Å²) in [7, 11) is 0. The number of aliphatic imine (C=N–C) groups is 1. The highest BCUT2D eigenvalue weighted by atomic mass is 15.3. The molecular weight excluding hydrogens is 250 g/mol. The predicted molar refractivity (Wildman–Crippen MR) is 77.1 cm³/mol. The Morgan fingerprint density at radius 2 is 1.90 bits per heavy atom. The normalized spacial score (nSPS) is 22.1. The molecule has 1 aromatic carbocycles. The zero-order valence-electron chi connectivity index (χ0n) is 11.3. The maximum atomic E-state index is 4.78. The highest BCUT2D eigenvalue weighted by Crippen LogP contribution is 2.29. The standard InChI is InChI=1S/C15H17N5/c1-4-8-19(9-5-1)14-15-18-17-11-20(15)13-7-3-2-6-12(13)10-16-14/h2-3,6-7,10-11,14H,1,4-5,8-9H2. The average Bonchev–Trinajstić information content (AvgIpc) is 2.93. The number of aromatic nitrogens is 3. The van der Waals surface area contributed by atoms with Crippen LogP contribution < -0.4 is 0 Å². The van der Waals surface area contributed by atoms with Crippen molar-refractivity contribution in [3.63, 3.8) is 0 Å². The summed E-state index contributed by atoms with van der Waals surface area (Å²) >= 11 is 0. The summed E-state index contributed by atoms with van der Waals surface area (Å²) in [5.74, 6) is 0.924. The van der Waals surface area contributed by atoms with E-state index in [1.807, 2.05) is 18.3 Å². The molecule has 2 aliphatic rings. The summed E-state index contributed by atoms with van der Waals surface area (Å²) in [6.45, 7) is 2.18. The Labute approximate surface area is 118 Å². The third-order valence-electron chi connectivity index (χ3n) is 4.09. The fourth-order valence-corrected chi connectivity index (χ4v) is 3.06. The van der Waals surface area contributed by atoms with E-state index in [2.05, 4.69) is 31.8 Å². The van der Waals surface area contributed by atoms with Gasteiger partial charge in [-0.05, 0) is 18.9 Å². The predicted octanol–water partition coefficient (Wildman–Crippen LogP) is 2.18. The van der Waals surface area contributed by atoms with E-state index in [9.17, 15) is 0 Å². The molecule has 0 aliphatic carbocycles. The van der Waals surface area contributed by atoms with Crippen LogP contribution in [0.1, 0.15) is 36.8 Å². The lowest BCUT2D eigenvalue weighted by atomic mass is 10.1. The first kappa shape index (κ1) is 11.8. The van der Waals surface area contributed by atoms with Crippen molar-refractivity contribution in [1.29, 1.82) is 0 Å². The van der Waals surface area contributed by atoms with Crippen molar-refractivity contribution < 1.29 is 0 Å². The first-order valence-electron chi connectivity index (χ1n) is 7.20. The fraction of sp³-hybridized carbons (Fsp3) is 0.400. The Balaban J connectivity index is 1.81. The van der Waals surface area contributed by atoms with Gasteiger partial charge in [-0.15, -0.1) is 10.2 Å². The van der Waals surface area contributed by atoms with Crippen LogP contribution >= 0.6 is 0 Å². The second kappa shape index (κ2) is 4.83. The molecule has 1 fully saturated rings. The molecule has 0 spiro atoms. The number of hydrogen-bond acceptors (Lipinski definition) is 4. The zero-order valence-corrected chi connectivity index (χ0v) is 11.3. The molecular formula is C15H17N5. The Kier molecular flexibility index (Phi) is 2.85. The summed E-state index contributed by atoms with van der Waals surface area (Å²) in [5, 5.41) is 8.43. The van der Waals surface area contributed by atoms with Crippen LogP contribution in [-0.4, -0.2) is 39.0 Å². The van der Waals surface area contributed by atoms with Crippen LogP contribution in [0.25, 0.3) is 5.69 Å². The van der Waals surface area contributed by atoms with E-state index in [1.54, 1.807) is 6.33 Å². The summed E-state index contributed by atoms with van der Waals surface area (Å²) < 4.78 is 2.07. The second-order valence-electron chi connectivity index (χ2n) is 5.37. The smallest absolute Gasteiger partial charge is 0.177 e. The Morgan fingerprint density at radius 3 is 2.80 bits per heavy atom. The van der Waals surface area contributed by atoms with Gasteiger partial charge < -0.3 is 0 Å². The van der Waals surface area contributed by atoms with Gasteiger partial charge in [0.25, 0.3) is 0 Å². The molecule has 5 heteroatoms. The number of likely N-dealkylation sites (tertiary alicyclic amines) is 1. The molecule has 102 valence electrons. The lowest BCUT2D eigenvalue weighted by molar-refractivity contribution is 0.162. The maximum absolute atomic E-state index is 4.78. The van der Waals surface area contributed by atoms with Crippen LogP contribution in [0.15, 0.2) is 35.6 Å². The van der Waals surface area contributed by atoms with Crippen LogP contribution in [-0.2, 0) is 0 Å². The van der Waals surface area contributed by atoms with Gasteiger partial charge in [-0.1, -0.05) is 24.6 Å². The van der Waals surface area contributed by atoms with Crippen molar-refractivity contribution in [2.45, 2.75) is 25.4 Å². The molecule has 5 nitrogen and oxygen atoms in total. The van der Waals surface area contributed by atoms with Gasteiger partial charge in [0, 0.05) is 24.9 Å². The van der Waals surface area contributed by atoms with Gasteiger partial charge in [-0.25, -0.2) is 0 Å². The molecule has 4 rings (SSSR count). The number of piperidine rings is 1. The third kappa shape index (κ3) is 1.86. The van der Waals surface area contributed by atoms with Crippen molar-refractivity contribution in [2.24, 2.45) is 4.99 Å². The van der Waals surface area contributed by atoms with Gasteiger partial charge in [-0.3, -0.25) is 14.5 Å². The molecule has 1 saturated heterocycles. The summed E-state index contributed by atoms with van der Waals surface area (Å²) in [4.78, 5) is 7.19. The molecule has 0 radical (unpaired) electrons.